The van der Waals surface area contributed by atoms with Crippen LogP contribution in [0.4, 0.5) is 0 Å². The van der Waals surface area contributed by atoms with Crippen LogP contribution in [0.25, 0.3) is 0 Å². The SMILES string of the molecule is CN1C[C@@H]2CN(CC3CCNCC3)C[C@@H]2C1.Cl. The van der Waals surface area contributed by atoms with Gasteiger partial charge in [-0.15, -0.1) is 12.4 Å². The van der Waals surface area contributed by atoms with Gasteiger partial charge in [0.2, 0.25) is 0 Å². The summed E-state index contributed by atoms with van der Waals surface area (Å²) in [4.78, 5) is 5.26. The van der Waals surface area contributed by atoms with Crippen LogP contribution in [0.3, 0.4) is 0 Å². The zero-order valence-corrected chi connectivity index (χ0v) is 11.7. The molecular formula is C13H26ClN3. The fraction of sp³-hybridized carbons (Fsp3) is 1.00. The number of halogens is 1. The lowest BCUT2D eigenvalue weighted by atomic mass is 9.98. The molecule has 100 valence electrons. The van der Waals surface area contributed by atoms with E-state index in [1.165, 1.54) is 58.7 Å². The quantitative estimate of drug-likeness (QED) is 0.795. The first-order valence-electron chi connectivity index (χ1n) is 6.93. The van der Waals surface area contributed by atoms with Crippen LogP contribution in [0.5, 0.6) is 0 Å². The second-order valence-electron chi connectivity index (χ2n) is 6.15. The van der Waals surface area contributed by atoms with Gasteiger partial charge in [-0.1, -0.05) is 0 Å². The van der Waals surface area contributed by atoms with Gasteiger partial charge in [-0.3, -0.25) is 0 Å². The van der Waals surface area contributed by atoms with Gasteiger partial charge in [-0.25, -0.2) is 0 Å². The second kappa shape index (κ2) is 5.87. The Morgan fingerprint density at radius 2 is 1.59 bits per heavy atom. The van der Waals surface area contributed by atoms with Gasteiger partial charge in [0.25, 0.3) is 0 Å². The van der Waals surface area contributed by atoms with Gasteiger partial charge in [-0.2, -0.15) is 0 Å². The van der Waals surface area contributed by atoms with Crippen LogP contribution in [0.1, 0.15) is 12.8 Å². The van der Waals surface area contributed by atoms with Crippen molar-refractivity contribution in [2.45, 2.75) is 12.8 Å². The first-order chi connectivity index (χ1) is 7.81. The summed E-state index contributed by atoms with van der Waals surface area (Å²) in [6, 6.07) is 0. The Bertz CT molecular complexity index is 229. The van der Waals surface area contributed by atoms with E-state index in [0.29, 0.717) is 0 Å². The summed E-state index contributed by atoms with van der Waals surface area (Å²) in [5, 5.41) is 3.46. The number of fused-ring (bicyclic) bond motifs is 1. The van der Waals surface area contributed by atoms with Crippen molar-refractivity contribution in [3.8, 4) is 0 Å². The van der Waals surface area contributed by atoms with Gasteiger partial charge in [0.1, 0.15) is 0 Å². The number of nitrogens with zero attached hydrogens (tertiary/aromatic N) is 2. The first-order valence-corrected chi connectivity index (χ1v) is 6.93. The summed E-state index contributed by atoms with van der Waals surface area (Å²) in [7, 11) is 2.27. The van der Waals surface area contributed by atoms with Crippen LogP contribution in [0.15, 0.2) is 0 Å². The fourth-order valence-electron chi connectivity index (χ4n) is 3.90. The molecule has 3 nitrogen and oxygen atoms in total. The lowest BCUT2D eigenvalue weighted by Crippen LogP contribution is -2.36. The van der Waals surface area contributed by atoms with E-state index in [1.807, 2.05) is 0 Å². The molecule has 1 N–H and O–H groups in total. The molecule has 0 unspecified atom stereocenters. The van der Waals surface area contributed by atoms with Gasteiger partial charge >= 0.3 is 0 Å². The molecular weight excluding hydrogens is 234 g/mol. The normalized spacial score (nSPS) is 35.8. The zero-order chi connectivity index (χ0) is 11.0. The molecule has 3 fully saturated rings. The van der Waals surface area contributed by atoms with E-state index in [4.69, 9.17) is 0 Å². The molecule has 0 aromatic carbocycles. The monoisotopic (exact) mass is 259 g/mol. The summed E-state index contributed by atoms with van der Waals surface area (Å²) >= 11 is 0. The van der Waals surface area contributed by atoms with E-state index in [0.717, 1.165) is 17.8 Å². The smallest absolute Gasteiger partial charge is 0.00258 e. The highest BCUT2D eigenvalue weighted by atomic mass is 35.5. The van der Waals surface area contributed by atoms with Gasteiger partial charge in [0.05, 0.1) is 0 Å². The molecule has 3 rings (SSSR count). The molecule has 0 saturated carbocycles. The van der Waals surface area contributed by atoms with E-state index in [1.54, 1.807) is 0 Å². The van der Waals surface area contributed by atoms with Crippen molar-refractivity contribution in [2.24, 2.45) is 17.8 Å². The highest BCUT2D eigenvalue weighted by Crippen LogP contribution is 2.31. The summed E-state index contributed by atoms with van der Waals surface area (Å²) < 4.78 is 0. The van der Waals surface area contributed by atoms with Crippen molar-refractivity contribution in [1.29, 1.82) is 0 Å². The first kappa shape index (κ1) is 13.6. The third-order valence-electron chi connectivity index (χ3n) is 4.72. The van der Waals surface area contributed by atoms with Crippen molar-refractivity contribution in [3.63, 3.8) is 0 Å². The standard InChI is InChI=1S/C13H25N3.ClH/c1-15-7-12-9-16(10-13(12)8-15)6-11-2-4-14-5-3-11;/h11-14H,2-10H2,1H3;1H/t12-,13+;. The Morgan fingerprint density at radius 3 is 2.18 bits per heavy atom. The Morgan fingerprint density at radius 1 is 1.00 bits per heavy atom. The molecule has 0 bridgehead atoms. The predicted molar refractivity (Wildman–Crippen MR) is 73.8 cm³/mol. The second-order valence-corrected chi connectivity index (χ2v) is 6.15. The van der Waals surface area contributed by atoms with Crippen LogP contribution >= 0.6 is 12.4 Å². The Hall–Kier alpha value is 0.170. The third-order valence-corrected chi connectivity index (χ3v) is 4.72. The summed E-state index contributed by atoms with van der Waals surface area (Å²) in [6.07, 6.45) is 2.79. The molecule has 0 amide bonds. The van der Waals surface area contributed by atoms with Crippen LogP contribution < -0.4 is 5.32 Å². The van der Waals surface area contributed by atoms with E-state index in [9.17, 15) is 0 Å². The largest absolute Gasteiger partial charge is 0.317 e. The lowest BCUT2D eigenvalue weighted by Gasteiger charge is -2.28. The Balaban J connectivity index is 0.00000108. The molecule has 0 spiro atoms. The average Bonchev–Trinajstić information content (AvgIpc) is 2.76. The average molecular weight is 260 g/mol. The molecule has 3 heterocycles. The number of likely N-dealkylation sites (tertiary alicyclic amines) is 2. The van der Waals surface area contributed by atoms with Crippen molar-refractivity contribution in [2.75, 3.05) is 52.9 Å². The highest BCUT2D eigenvalue weighted by Gasteiger charge is 2.38. The summed E-state index contributed by atoms with van der Waals surface area (Å²) in [6.45, 7) is 9.29. The van der Waals surface area contributed by atoms with E-state index in [-0.39, 0.29) is 12.4 Å². The van der Waals surface area contributed by atoms with Gasteiger partial charge in [0.15, 0.2) is 0 Å². The Kier molecular flexibility index (Phi) is 4.70. The van der Waals surface area contributed by atoms with Crippen LogP contribution in [-0.2, 0) is 0 Å². The number of nitrogens with one attached hydrogen (secondary N) is 1. The van der Waals surface area contributed by atoms with Gasteiger partial charge < -0.3 is 15.1 Å². The van der Waals surface area contributed by atoms with Crippen molar-refractivity contribution >= 4 is 12.4 Å². The van der Waals surface area contributed by atoms with Crippen molar-refractivity contribution in [3.05, 3.63) is 0 Å². The number of hydrogen-bond acceptors (Lipinski definition) is 3. The fourth-order valence-corrected chi connectivity index (χ4v) is 3.90. The minimum atomic E-state index is 0. The van der Waals surface area contributed by atoms with Gasteiger partial charge in [-0.05, 0) is 50.7 Å². The molecule has 3 aliphatic heterocycles. The number of rotatable bonds is 2. The molecule has 2 atom stereocenters. The van der Waals surface area contributed by atoms with Crippen molar-refractivity contribution in [1.82, 2.24) is 15.1 Å². The number of piperidine rings is 1. The molecule has 4 heteroatoms. The molecule has 17 heavy (non-hydrogen) atoms. The maximum absolute atomic E-state index is 3.46. The molecule has 0 aliphatic carbocycles. The summed E-state index contributed by atoms with van der Waals surface area (Å²) in [5.74, 6) is 2.93. The molecule has 3 aliphatic rings. The maximum atomic E-state index is 3.46. The molecule has 3 saturated heterocycles. The van der Waals surface area contributed by atoms with E-state index >= 15 is 0 Å². The van der Waals surface area contributed by atoms with Crippen LogP contribution in [0.2, 0.25) is 0 Å². The van der Waals surface area contributed by atoms with Crippen LogP contribution in [0, 0.1) is 17.8 Å². The molecule has 0 aromatic rings. The highest BCUT2D eigenvalue weighted by molar-refractivity contribution is 5.85. The van der Waals surface area contributed by atoms with Crippen molar-refractivity contribution < 1.29 is 0 Å². The minimum Gasteiger partial charge on any atom is -0.317 e. The summed E-state index contributed by atoms with van der Waals surface area (Å²) in [5.41, 5.74) is 0. The third kappa shape index (κ3) is 3.14. The zero-order valence-electron chi connectivity index (χ0n) is 10.9. The van der Waals surface area contributed by atoms with Crippen LogP contribution in [-0.4, -0.2) is 62.7 Å². The lowest BCUT2D eigenvalue weighted by molar-refractivity contribution is 0.217. The number of hydrogen-bond donors (Lipinski definition) is 1. The van der Waals surface area contributed by atoms with E-state index < -0.39 is 0 Å². The minimum absolute atomic E-state index is 0. The van der Waals surface area contributed by atoms with Gasteiger partial charge in [0, 0.05) is 32.7 Å². The maximum Gasteiger partial charge on any atom is 0.00258 e. The topological polar surface area (TPSA) is 18.5 Å². The predicted octanol–water partition coefficient (Wildman–Crippen LogP) is 0.901. The molecule has 0 aromatic heterocycles. The molecule has 0 radical (unpaired) electrons. The van der Waals surface area contributed by atoms with E-state index in [2.05, 4.69) is 22.2 Å². The Labute approximate surface area is 111 Å².